The zero-order chi connectivity index (χ0) is 15.9. The van der Waals surface area contributed by atoms with Gasteiger partial charge in [0.1, 0.15) is 0 Å². The zero-order valence-corrected chi connectivity index (χ0v) is 13.0. The number of hydrogen-bond donors (Lipinski definition) is 2. The molecule has 118 valence electrons. The highest BCUT2D eigenvalue weighted by atomic mass is 16.4. The van der Waals surface area contributed by atoms with Gasteiger partial charge < -0.3 is 10.2 Å². The van der Waals surface area contributed by atoms with Crippen LogP contribution in [0.5, 0.6) is 0 Å². The first-order valence-electron chi connectivity index (χ1n) is 7.87. The van der Waals surface area contributed by atoms with E-state index in [1.165, 1.54) is 11.3 Å². The van der Waals surface area contributed by atoms with E-state index in [0.29, 0.717) is 18.2 Å². The zero-order valence-electron chi connectivity index (χ0n) is 13.0. The van der Waals surface area contributed by atoms with Crippen LogP contribution in [0.25, 0.3) is 11.6 Å². The molecule has 1 aliphatic rings. The van der Waals surface area contributed by atoms with Gasteiger partial charge in [-0.05, 0) is 38.2 Å². The van der Waals surface area contributed by atoms with Crippen LogP contribution in [-0.2, 0) is 24.8 Å². The van der Waals surface area contributed by atoms with Crippen LogP contribution in [0.15, 0.2) is 34.7 Å². The summed E-state index contributed by atoms with van der Waals surface area (Å²) in [5, 5.41) is 15.7. The number of aromatic nitrogens is 4. The number of nitrogens with zero attached hydrogens (tertiary/aromatic N) is 3. The molecule has 23 heavy (non-hydrogen) atoms. The molecular formula is C17H19N5O. The van der Waals surface area contributed by atoms with Crippen molar-refractivity contribution in [1.29, 1.82) is 0 Å². The molecule has 0 saturated heterocycles. The Bertz CT molecular complexity index is 819. The first-order valence-corrected chi connectivity index (χ1v) is 7.87. The summed E-state index contributed by atoms with van der Waals surface area (Å²) < 4.78 is 5.86. The fourth-order valence-electron chi connectivity index (χ4n) is 3.14. The fraction of sp³-hybridized carbons (Fsp3) is 0.353. The van der Waals surface area contributed by atoms with Gasteiger partial charge in [-0.2, -0.15) is 5.10 Å². The molecule has 2 aromatic heterocycles. The maximum Gasteiger partial charge on any atom is 0.268 e. The highest BCUT2D eigenvalue weighted by Crippen LogP contribution is 2.31. The summed E-state index contributed by atoms with van der Waals surface area (Å²) in [7, 11) is 0. The quantitative estimate of drug-likeness (QED) is 0.771. The lowest BCUT2D eigenvalue weighted by molar-refractivity contribution is 0.355. The van der Waals surface area contributed by atoms with E-state index in [1.807, 2.05) is 37.3 Å². The normalized spacial score (nSPS) is 16.3. The van der Waals surface area contributed by atoms with Crippen LogP contribution in [0.3, 0.4) is 0 Å². The Morgan fingerprint density at radius 3 is 2.87 bits per heavy atom. The Kier molecular flexibility index (Phi) is 3.27. The van der Waals surface area contributed by atoms with Gasteiger partial charge in [-0.1, -0.05) is 30.3 Å². The molecule has 0 spiro atoms. The molecule has 1 aliphatic carbocycles. The monoisotopic (exact) mass is 309 g/mol. The molecule has 0 aliphatic heterocycles. The van der Waals surface area contributed by atoms with Gasteiger partial charge in [0.2, 0.25) is 5.89 Å². The Labute approximate surface area is 134 Å². The Morgan fingerprint density at radius 1 is 1.22 bits per heavy atom. The minimum absolute atomic E-state index is 0.436. The number of H-pyrrole nitrogens is 1. The smallest absolute Gasteiger partial charge is 0.268 e. The van der Waals surface area contributed by atoms with Crippen molar-refractivity contribution in [3.05, 3.63) is 53.0 Å². The topological polar surface area (TPSA) is 93.6 Å². The van der Waals surface area contributed by atoms with Gasteiger partial charge >= 0.3 is 0 Å². The molecular weight excluding hydrogens is 290 g/mol. The predicted octanol–water partition coefficient (Wildman–Crippen LogP) is 2.37. The van der Waals surface area contributed by atoms with Crippen molar-refractivity contribution in [2.45, 2.75) is 38.1 Å². The minimum atomic E-state index is -0.716. The number of fused-ring (bicyclic) bond motifs is 1. The molecule has 4 rings (SSSR count). The highest BCUT2D eigenvalue weighted by molar-refractivity contribution is 5.55. The molecule has 3 aromatic rings. The van der Waals surface area contributed by atoms with E-state index >= 15 is 0 Å². The van der Waals surface area contributed by atoms with Crippen LogP contribution in [-0.4, -0.2) is 20.4 Å². The second kappa shape index (κ2) is 5.31. The molecule has 0 unspecified atom stereocenters. The predicted molar refractivity (Wildman–Crippen MR) is 85.6 cm³/mol. The van der Waals surface area contributed by atoms with Crippen molar-refractivity contribution in [2.75, 3.05) is 0 Å². The number of aryl methyl sites for hydroxylation is 1. The third kappa shape index (κ3) is 2.55. The lowest BCUT2D eigenvalue weighted by Gasteiger charge is -2.19. The molecule has 0 radical (unpaired) electrons. The minimum Gasteiger partial charge on any atom is -0.417 e. The van der Waals surface area contributed by atoms with Crippen molar-refractivity contribution in [2.24, 2.45) is 5.73 Å². The first kappa shape index (κ1) is 14.1. The van der Waals surface area contributed by atoms with Gasteiger partial charge in [-0.3, -0.25) is 5.10 Å². The lowest BCUT2D eigenvalue weighted by atomic mass is 9.94. The van der Waals surface area contributed by atoms with E-state index in [1.54, 1.807) is 0 Å². The summed E-state index contributed by atoms with van der Waals surface area (Å²) in [6.07, 6.45) is 3.81. The van der Waals surface area contributed by atoms with Gasteiger partial charge in [0.25, 0.3) is 5.89 Å². The molecule has 0 saturated carbocycles. The first-order chi connectivity index (χ1) is 11.1. The second-order valence-corrected chi connectivity index (χ2v) is 6.38. The van der Waals surface area contributed by atoms with E-state index in [0.717, 1.165) is 30.5 Å². The largest absolute Gasteiger partial charge is 0.417 e. The molecule has 0 amide bonds. The lowest BCUT2D eigenvalue weighted by Crippen LogP contribution is -2.35. The number of nitrogens with one attached hydrogen (secondary N) is 1. The number of nitrogens with two attached hydrogens (primary N) is 1. The van der Waals surface area contributed by atoms with Crippen LogP contribution in [0.1, 0.15) is 36.1 Å². The average molecular weight is 309 g/mol. The van der Waals surface area contributed by atoms with Crippen LogP contribution in [0.4, 0.5) is 0 Å². The van der Waals surface area contributed by atoms with Gasteiger partial charge in [-0.25, -0.2) is 0 Å². The van der Waals surface area contributed by atoms with Gasteiger partial charge in [0.15, 0.2) is 5.69 Å². The summed E-state index contributed by atoms with van der Waals surface area (Å²) in [6, 6.07) is 10.1. The maximum absolute atomic E-state index is 6.43. The van der Waals surface area contributed by atoms with E-state index in [-0.39, 0.29) is 0 Å². The molecule has 1 atom stereocenters. The molecule has 6 heteroatoms. The molecule has 0 bridgehead atoms. The molecule has 3 N–H and O–H groups in total. The van der Waals surface area contributed by atoms with Crippen molar-refractivity contribution in [3.63, 3.8) is 0 Å². The van der Waals surface area contributed by atoms with Crippen molar-refractivity contribution in [1.82, 2.24) is 20.4 Å². The van der Waals surface area contributed by atoms with E-state index in [2.05, 4.69) is 20.4 Å². The van der Waals surface area contributed by atoms with Crippen molar-refractivity contribution >= 4 is 0 Å². The third-order valence-electron chi connectivity index (χ3n) is 4.34. The Balaban J connectivity index is 1.62. The molecule has 0 fully saturated rings. The van der Waals surface area contributed by atoms with Crippen molar-refractivity contribution in [3.8, 4) is 11.6 Å². The number of rotatable bonds is 4. The third-order valence-corrected chi connectivity index (χ3v) is 4.34. The van der Waals surface area contributed by atoms with Gasteiger partial charge in [0, 0.05) is 11.3 Å². The summed E-state index contributed by atoms with van der Waals surface area (Å²) in [5.41, 5.74) is 9.99. The van der Waals surface area contributed by atoms with Crippen LogP contribution in [0, 0.1) is 0 Å². The standard InChI is InChI=1S/C17H19N5O/c1-17(18,10-11-6-3-2-4-7-11)16-22-21-15(23-16)14-12-8-5-9-13(12)19-20-14/h2-4,6-7H,5,8-10,18H2,1H3,(H,19,20)/t17-/m1/s1. The van der Waals surface area contributed by atoms with Gasteiger partial charge in [-0.15, -0.1) is 10.2 Å². The van der Waals surface area contributed by atoms with Crippen LogP contribution < -0.4 is 5.73 Å². The van der Waals surface area contributed by atoms with Gasteiger partial charge in [0.05, 0.1) is 5.54 Å². The summed E-state index contributed by atoms with van der Waals surface area (Å²) in [6.45, 7) is 1.91. The summed E-state index contributed by atoms with van der Waals surface area (Å²) >= 11 is 0. The number of benzene rings is 1. The van der Waals surface area contributed by atoms with Crippen molar-refractivity contribution < 1.29 is 4.42 Å². The van der Waals surface area contributed by atoms with Crippen LogP contribution in [0.2, 0.25) is 0 Å². The highest BCUT2D eigenvalue weighted by Gasteiger charge is 2.30. The van der Waals surface area contributed by atoms with E-state index in [4.69, 9.17) is 10.2 Å². The van der Waals surface area contributed by atoms with E-state index < -0.39 is 5.54 Å². The molecule has 2 heterocycles. The SMILES string of the molecule is C[C@@](N)(Cc1ccccc1)c1nnc(-c2n[nH]c3c2CCC3)o1. The average Bonchev–Trinajstić information content (AvgIpc) is 3.24. The Morgan fingerprint density at radius 2 is 2.04 bits per heavy atom. The summed E-state index contributed by atoms with van der Waals surface area (Å²) in [5.74, 6) is 0.884. The molecule has 6 nitrogen and oxygen atoms in total. The Hall–Kier alpha value is -2.47. The van der Waals surface area contributed by atoms with E-state index in [9.17, 15) is 0 Å². The maximum atomic E-state index is 6.43. The number of hydrogen-bond acceptors (Lipinski definition) is 5. The fourth-order valence-corrected chi connectivity index (χ4v) is 3.14. The summed E-state index contributed by atoms with van der Waals surface area (Å²) in [4.78, 5) is 0. The second-order valence-electron chi connectivity index (χ2n) is 6.38. The molecule has 1 aromatic carbocycles. The number of aromatic amines is 1. The van der Waals surface area contributed by atoms with Crippen LogP contribution >= 0.6 is 0 Å².